The first-order valence-corrected chi connectivity index (χ1v) is 14.1. The highest BCUT2D eigenvalue weighted by Gasteiger charge is 2.29. The van der Waals surface area contributed by atoms with Crippen LogP contribution in [0.15, 0.2) is 60.7 Å². The zero-order valence-electron chi connectivity index (χ0n) is 23.1. The molecule has 9 nitrogen and oxygen atoms in total. The molecule has 0 aliphatic carbocycles. The topological polar surface area (TPSA) is 86.4 Å². The number of carbonyl (C=O) groups excluding carboxylic acids is 2. The van der Waals surface area contributed by atoms with Crippen molar-refractivity contribution in [1.29, 1.82) is 0 Å². The standard InChI is InChI=1S/C31H32ClN5O4/c1-3-37(28(38)18-36-14-12-35(2)13-15-36)23-8-6-22(7-9-23)33-30(20-4-11-26-27(16-20)41-19-40-26)29-24-10-5-21(32)17-25(24)34-31(29)39/h4-11,16-17,33H,3,12-15,18-19H2,1-2H3,(H,34,39). The highest BCUT2D eigenvalue weighted by Crippen LogP contribution is 2.41. The van der Waals surface area contributed by atoms with Gasteiger partial charge >= 0.3 is 0 Å². The third-order valence-electron chi connectivity index (χ3n) is 7.66. The Labute approximate surface area is 244 Å². The van der Waals surface area contributed by atoms with Gasteiger partial charge in [0.1, 0.15) is 0 Å². The van der Waals surface area contributed by atoms with Crippen LogP contribution in [0.4, 0.5) is 17.1 Å². The van der Waals surface area contributed by atoms with Crippen molar-refractivity contribution < 1.29 is 19.1 Å². The van der Waals surface area contributed by atoms with Crippen LogP contribution in [-0.4, -0.2) is 74.7 Å². The van der Waals surface area contributed by atoms with E-state index in [4.69, 9.17) is 21.1 Å². The number of fused-ring (bicyclic) bond motifs is 2. The monoisotopic (exact) mass is 573 g/mol. The second-order valence-electron chi connectivity index (χ2n) is 10.4. The van der Waals surface area contributed by atoms with Crippen LogP contribution in [0, 0.1) is 0 Å². The Balaban J connectivity index is 1.29. The molecule has 0 saturated carbocycles. The van der Waals surface area contributed by atoms with Gasteiger partial charge in [0, 0.05) is 60.2 Å². The second kappa shape index (κ2) is 11.4. The molecule has 3 aromatic carbocycles. The summed E-state index contributed by atoms with van der Waals surface area (Å²) >= 11 is 6.20. The lowest BCUT2D eigenvalue weighted by atomic mass is 9.99. The van der Waals surface area contributed by atoms with Gasteiger partial charge in [0.2, 0.25) is 12.7 Å². The minimum Gasteiger partial charge on any atom is -0.454 e. The van der Waals surface area contributed by atoms with E-state index in [2.05, 4.69) is 27.5 Å². The summed E-state index contributed by atoms with van der Waals surface area (Å²) in [6, 6.07) is 18.6. The van der Waals surface area contributed by atoms with Gasteiger partial charge in [0.05, 0.1) is 23.5 Å². The number of nitrogens with one attached hydrogen (secondary N) is 2. The first kappa shape index (κ1) is 27.1. The number of carbonyl (C=O) groups is 2. The van der Waals surface area contributed by atoms with Crippen LogP contribution in [0.1, 0.15) is 18.1 Å². The number of amides is 2. The number of likely N-dealkylation sites (N-methyl/N-ethyl adjacent to an activating group) is 2. The van der Waals surface area contributed by atoms with E-state index in [1.54, 1.807) is 12.1 Å². The number of rotatable bonds is 7. The van der Waals surface area contributed by atoms with Crippen molar-refractivity contribution in [3.05, 3.63) is 76.8 Å². The van der Waals surface area contributed by atoms with Crippen molar-refractivity contribution in [3.63, 3.8) is 0 Å². The van der Waals surface area contributed by atoms with Crippen molar-refractivity contribution in [1.82, 2.24) is 9.80 Å². The first-order chi connectivity index (χ1) is 19.9. The Morgan fingerprint density at radius 3 is 2.51 bits per heavy atom. The number of nitrogens with zero attached hydrogens (tertiary/aromatic N) is 3. The average Bonchev–Trinajstić information content (AvgIpc) is 3.57. The minimum atomic E-state index is -0.231. The molecule has 0 unspecified atom stereocenters. The highest BCUT2D eigenvalue weighted by atomic mass is 35.5. The zero-order chi connectivity index (χ0) is 28.5. The average molecular weight is 574 g/mol. The molecule has 3 aliphatic rings. The predicted octanol–water partition coefficient (Wildman–Crippen LogP) is 4.60. The third-order valence-corrected chi connectivity index (χ3v) is 7.89. The summed E-state index contributed by atoms with van der Waals surface area (Å²) in [5.74, 6) is 1.13. The number of hydrogen-bond donors (Lipinski definition) is 2. The molecule has 41 heavy (non-hydrogen) atoms. The van der Waals surface area contributed by atoms with Crippen molar-refractivity contribution in [3.8, 4) is 11.5 Å². The van der Waals surface area contributed by atoms with Crippen molar-refractivity contribution in [2.24, 2.45) is 0 Å². The van der Waals surface area contributed by atoms with E-state index in [-0.39, 0.29) is 18.6 Å². The molecule has 3 aliphatic heterocycles. The summed E-state index contributed by atoms with van der Waals surface area (Å²) in [4.78, 5) is 32.7. The van der Waals surface area contributed by atoms with Crippen LogP contribution in [0.25, 0.3) is 11.3 Å². The fraction of sp³-hybridized carbons (Fsp3) is 0.290. The van der Waals surface area contributed by atoms with E-state index in [9.17, 15) is 9.59 Å². The van der Waals surface area contributed by atoms with Gasteiger partial charge in [-0.25, -0.2) is 0 Å². The van der Waals surface area contributed by atoms with Crippen LogP contribution in [-0.2, 0) is 9.59 Å². The molecular formula is C31H32ClN5O4. The maximum atomic E-state index is 13.3. The number of halogens is 1. The van der Waals surface area contributed by atoms with Gasteiger partial charge in [-0.3, -0.25) is 14.5 Å². The lowest BCUT2D eigenvalue weighted by Crippen LogP contribution is -2.49. The van der Waals surface area contributed by atoms with E-state index in [0.717, 1.165) is 48.7 Å². The highest BCUT2D eigenvalue weighted by molar-refractivity contribution is 6.38. The van der Waals surface area contributed by atoms with Crippen LogP contribution >= 0.6 is 11.6 Å². The summed E-state index contributed by atoms with van der Waals surface area (Å²) in [6.45, 7) is 6.84. The molecule has 10 heteroatoms. The quantitative estimate of drug-likeness (QED) is 0.400. The third kappa shape index (κ3) is 5.61. The fourth-order valence-electron chi connectivity index (χ4n) is 5.38. The molecular weight excluding hydrogens is 542 g/mol. The van der Waals surface area contributed by atoms with Gasteiger partial charge in [-0.15, -0.1) is 0 Å². The summed E-state index contributed by atoms with van der Waals surface area (Å²) in [7, 11) is 2.11. The smallest absolute Gasteiger partial charge is 0.258 e. The van der Waals surface area contributed by atoms with E-state index in [1.165, 1.54) is 0 Å². The van der Waals surface area contributed by atoms with E-state index < -0.39 is 0 Å². The summed E-state index contributed by atoms with van der Waals surface area (Å²) in [5.41, 5.74) is 4.89. The Hall–Kier alpha value is -4.05. The Morgan fingerprint density at radius 1 is 1.00 bits per heavy atom. The second-order valence-corrected chi connectivity index (χ2v) is 10.8. The lowest BCUT2D eigenvalue weighted by Gasteiger charge is -2.33. The van der Waals surface area contributed by atoms with Crippen LogP contribution in [0.2, 0.25) is 5.02 Å². The predicted molar refractivity (Wildman–Crippen MR) is 161 cm³/mol. The van der Waals surface area contributed by atoms with Gasteiger partial charge in [0.25, 0.3) is 5.91 Å². The largest absolute Gasteiger partial charge is 0.454 e. The number of hydrogen-bond acceptors (Lipinski definition) is 7. The number of piperazine rings is 1. The maximum Gasteiger partial charge on any atom is 0.258 e. The molecule has 212 valence electrons. The molecule has 6 rings (SSSR count). The summed E-state index contributed by atoms with van der Waals surface area (Å²) in [6.07, 6.45) is 0. The molecule has 1 saturated heterocycles. The minimum absolute atomic E-state index is 0.0822. The number of ether oxygens (including phenoxy) is 2. The van der Waals surface area contributed by atoms with Gasteiger partial charge in [-0.2, -0.15) is 0 Å². The van der Waals surface area contributed by atoms with Crippen LogP contribution in [0.3, 0.4) is 0 Å². The van der Waals surface area contributed by atoms with Crippen molar-refractivity contribution in [2.75, 3.05) is 68.6 Å². The molecule has 3 heterocycles. The van der Waals surface area contributed by atoms with Gasteiger partial charge in [-0.05, 0) is 68.6 Å². The van der Waals surface area contributed by atoms with E-state index >= 15 is 0 Å². The fourth-order valence-corrected chi connectivity index (χ4v) is 5.55. The molecule has 0 radical (unpaired) electrons. The molecule has 0 spiro atoms. The molecule has 2 amide bonds. The van der Waals surface area contributed by atoms with Crippen LogP contribution in [0.5, 0.6) is 11.5 Å². The normalized spacial score (nSPS) is 17.7. The number of anilines is 3. The number of benzene rings is 3. The summed E-state index contributed by atoms with van der Waals surface area (Å²) < 4.78 is 11.1. The molecule has 1 fully saturated rings. The Kier molecular flexibility index (Phi) is 7.57. The summed E-state index contributed by atoms with van der Waals surface area (Å²) in [5, 5.41) is 6.94. The van der Waals surface area contributed by atoms with E-state index in [0.29, 0.717) is 46.6 Å². The van der Waals surface area contributed by atoms with E-state index in [1.807, 2.05) is 60.4 Å². The Morgan fingerprint density at radius 2 is 1.76 bits per heavy atom. The van der Waals surface area contributed by atoms with Crippen molar-refractivity contribution in [2.45, 2.75) is 6.92 Å². The Bertz CT molecular complexity index is 1520. The molecule has 3 aromatic rings. The molecule has 0 aromatic heterocycles. The van der Waals surface area contributed by atoms with Gasteiger partial charge in [-0.1, -0.05) is 17.7 Å². The van der Waals surface area contributed by atoms with Gasteiger partial charge in [0.15, 0.2) is 11.5 Å². The SMILES string of the molecule is CCN(C(=O)CN1CCN(C)CC1)c1ccc(NC(=C2C(=O)Nc3cc(Cl)ccc32)c2ccc3c(c2)OCO3)cc1. The van der Waals surface area contributed by atoms with Crippen LogP contribution < -0.4 is 25.0 Å². The first-order valence-electron chi connectivity index (χ1n) is 13.7. The molecule has 0 bridgehead atoms. The van der Waals surface area contributed by atoms with Crippen molar-refractivity contribution >= 4 is 51.7 Å². The zero-order valence-corrected chi connectivity index (χ0v) is 23.8. The molecule has 0 atom stereocenters. The lowest BCUT2D eigenvalue weighted by molar-refractivity contribution is -0.120. The molecule has 2 N–H and O–H groups in total. The maximum absolute atomic E-state index is 13.3. The van der Waals surface area contributed by atoms with Gasteiger partial charge < -0.3 is 29.9 Å².